The third kappa shape index (κ3) is 3.33. The average molecular weight is 270 g/mol. The molecule has 0 amide bonds. The third-order valence-electron chi connectivity index (χ3n) is 2.12. The van der Waals surface area contributed by atoms with E-state index in [1.165, 1.54) is 31.4 Å². The van der Waals surface area contributed by atoms with Crippen molar-refractivity contribution in [1.29, 1.82) is 0 Å². The number of carbonyl (C=O) groups excluding carboxylic acids is 1. The first-order valence-corrected chi connectivity index (χ1v) is 6.95. The van der Waals surface area contributed by atoms with E-state index in [2.05, 4.69) is 11.3 Å². The van der Waals surface area contributed by atoms with E-state index in [0.717, 1.165) is 6.26 Å². The van der Waals surface area contributed by atoms with Crippen molar-refractivity contribution in [2.75, 3.05) is 20.0 Å². The minimum absolute atomic E-state index is 0.0250. The van der Waals surface area contributed by atoms with E-state index in [0.29, 0.717) is 0 Å². The molecule has 1 aromatic carbocycles. The van der Waals surface area contributed by atoms with Gasteiger partial charge in [-0.3, -0.25) is 0 Å². The fourth-order valence-electron chi connectivity index (χ4n) is 1.32. The van der Waals surface area contributed by atoms with Crippen LogP contribution in [0.15, 0.2) is 35.7 Å². The molecule has 0 aromatic heterocycles. The molecule has 0 N–H and O–H groups in total. The molecule has 0 bridgehead atoms. The van der Waals surface area contributed by atoms with Crippen LogP contribution in [-0.4, -0.2) is 34.4 Å². The average Bonchev–Trinajstić information content (AvgIpc) is 2.33. The molecule has 0 aliphatic carbocycles. The van der Waals surface area contributed by atoms with Crippen molar-refractivity contribution in [3.8, 4) is 5.75 Å². The first-order chi connectivity index (χ1) is 8.40. The standard InChI is InChI=1S/C12H14O5S/c1-4-7-17-10-8-9(12(13)16-2)5-6-11(10)18(3,14)15/h4-6,8H,1,7H2,2-3H3. The highest BCUT2D eigenvalue weighted by atomic mass is 32.2. The fraction of sp³-hybridized carbons (Fsp3) is 0.250. The summed E-state index contributed by atoms with van der Waals surface area (Å²) in [4.78, 5) is 11.4. The van der Waals surface area contributed by atoms with Gasteiger partial charge in [0.1, 0.15) is 17.3 Å². The van der Waals surface area contributed by atoms with Crippen molar-refractivity contribution in [3.63, 3.8) is 0 Å². The summed E-state index contributed by atoms with van der Waals surface area (Å²) in [6.45, 7) is 3.62. The molecular weight excluding hydrogens is 256 g/mol. The molecule has 98 valence electrons. The molecular formula is C12H14O5S. The van der Waals surface area contributed by atoms with Gasteiger partial charge in [-0.2, -0.15) is 0 Å². The minimum Gasteiger partial charge on any atom is -0.488 e. The first-order valence-electron chi connectivity index (χ1n) is 5.06. The van der Waals surface area contributed by atoms with Crippen molar-refractivity contribution >= 4 is 15.8 Å². The van der Waals surface area contributed by atoms with Gasteiger partial charge < -0.3 is 9.47 Å². The highest BCUT2D eigenvalue weighted by Gasteiger charge is 2.17. The predicted molar refractivity (Wildman–Crippen MR) is 66.6 cm³/mol. The molecule has 1 aromatic rings. The summed E-state index contributed by atoms with van der Waals surface area (Å²) in [5.41, 5.74) is 0.226. The van der Waals surface area contributed by atoms with Crippen LogP contribution in [0.1, 0.15) is 10.4 Å². The number of rotatable bonds is 5. The summed E-state index contributed by atoms with van der Waals surface area (Å²) in [6.07, 6.45) is 2.55. The molecule has 0 spiro atoms. The Kier molecular flexibility index (Phi) is 4.49. The second-order valence-electron chi connectivity index (χ2n) is 3.52. The summed E-state index contributed by atoms with van der Waals surface area (Å²) in [5.74, 6) is -0.446. The van der Waals surface area contributed by atoms with Gasteiger partial charge in [0, 0.05) is 6.26 Å². The van der Waals surface area contributed by atoms with E-state index >= 15 is 0 Å². The van der Waals surface area contributed by atoms with E-state index in [4.69, 9.17) is 4.74 Å². The maximum Gasteiger partial charge on any atom is 0.337 e. The Labute approximate surface area is 106 Å². The van der Waals surface area contributed by atoms with Crippen LogP contribution in [0.5, 0.6) is 5.75 Å². The number of methoxy groups -OCH3 is 1. The molecule has 0 unspecified atom stereocenters. The zero-order valence-corrected chi connectivity index (χ0v) is 11.0. The van der Waals surface area contributed by atoms with E-state index in [-0.39, 0.29) is 22.8 Å². The predicted octanol–water partition coefficient (Wildman–Crippen LogP) is 1.44. The van der Waals surface area contributed by atoms with Crippen LogP contribution in [0.2, 0.25) is 0 Å². The smallest absolute Gasteiger partial charge is 0.337 e. The lowest BCUT2D eigenvalue weighted by atomic mass is 10.2. The Morgan fingerprint density at radius 2 is 2.11 bits per heavy atom. The normalized spacial score (nSPS) is 10.8. The lowest BCUT2D eigenvalue weighted by molar-refractivity contribution is 0.0600. The molecule has 1 rings (SSSR count). The molecule has 6 heteroatoms. The van der Waals surface area contributed by atoms with Crippen LogP contribution in [-0.2, 0) is 14.6 Å². The number of esters is 1. The van der Waals surface area contributed by atoms with Crippen molar-refractivity contribution < 1.29 is 22.7 Å². The second-order valence-corrected chi connectivity index (χ2v) is 5.51. The van der Waals surface area contributed by atoms with Crippen LogP contribution < -0.4 is 4.74 Å². The van der Waals surface area contributed by atoms with Gasteiger partial charge in [0.2, 0.25) is 0 Å². The summed E-state index contributed by atoms with van der Waals surface area (Å²) >= 11 is 0. The number of hydrogen-bond donors (Lipinski definition) is 0. The van der Waals surface area contributed by atoms with Crippen LogP contribution in [0, 0.1) is 0 Å². The highest BCUT2D eigenvalue weighted by molar-refractivity contribution is 7.90. The van der Waals surface area contributed by atoms with Gasteiger partial charge in [-0.05, 0) is 18.2 Å². The van der Waals surface area contributed by atoms with E-state index < -0.39 is 15.8 Å². The van der Waals surface area contributed by atoms with Gasteiger partial charge in [-0.25, -0.2) is 13.2 Å². The largest absolute Gasteiger partial charge is 0.488 e. The quantitative estimate of drug-likeness (QED) is 0.598. The summed E-state index contributed by atoms with van der Waals surface area (Å²) < 4.78 is 32.9. The van der Waals surface area contributed by atoms with Gasteiger partial charge in [0.25, 0.3) is 0 Å². The Morgan fingerprint density at radius 3 is 2.61 bits per heavy atom. The molecule has 0 heterocycles. The lowest BCUT2D eigenvalue weighted by Crippen LogP contribution is -2.07. The van der Waals surface area contributed by atoms with Crippen LogP contribution in [0.25, 0.3) is 0 Å². The summed E-state index contributed by atoms with van der Waals surface area (Å²) in [7, 11) is -2.18. The highest BCUT2D eigenvalue weighted by Crippen LogP contribution is 2.25. The van der Waals surface area contributed by atoms with E-state index in [1.54, 1.807) is 0 Å². The second kappa shape index (κ2) is 5.68. The zero-order valence-electron chi connectivity index (χ0n) is 10.2. The maximum absolute atomic E-state index is 11.5. The van der Waals surface area contributed by atoms with Crippen LogP contribution >= 0.6 is 0 Å². The van der Waals surface area contributed by atoms with Crippen molar-refractivity contribution in [2.45, 2.75) is 4.90 Å². The molecule has 0 fully saturated rings. The molecule has 0 saturated carbocycles. The molecule has 0 aliphatic heterocycles. The molecule has 0 radical (unpaired) electrons. The molecule has 18 heavy (non-hydrogen) atoms. The van der Waals surface area contributed by atoms with Crippen molar-refractivity contribution in [3.05, 3.63) is 36.4 Å². The number of sulfone groups is 1. The molecule has 5 nitrogen and oxygen atoms in total. The third-order valence-corrected chi connectivity index (χ3v) is 3.26. The van der Waals surface area contributed by atoms with Gasteiger partial charge in [-0.1, -0.05) is 12.7 Å². The van der Waals surface area contributed by atoms with Gasteiger partial charge in [0.15, 0.2) is 9.84 Å². The van der Waals surface area contributed by atoms with Crippen LogP contribution in [0.3, 0.4) is 0 Å². The topological polar surface area (TPSA) is 69.7 Å². The Balaban J connectivity index is 3.29. The number of hydrogen-bond acceptors (Lipinski definition) is 5. The monoisotopic (exact) mass is 270 g/mol. The zero-order chi connectivity index (χ0) is 13.8. The summed E-state index contributed by atoms with van der Waals surface area (Å²) in [5, 5.41) is 0. The van der Waals surface area contributed by atoms with Gasteiger partial charge in [-0.15, -0.1) is 0 Å². The van der Waals surface area contributed by atoms with Crippen LogP contribution in [0.4, 0.5) is 0 Å². The first kappa shape index (κ1) is 14.2. The van der Waals surface area contributed by atoms with E-state index in [9.17, 15) is 13.2 Å². The number of ether oxygens (including phenoxy) is 2. The molecule has 0 atom stereocenters. The molecule has 0 aliphatic rings. The molecule has 0 saturated heterocycles. The SMILES string of the molecule is C=CCOc1cc(C(=O)OC)ccc1S(C)(=O)=O. The van der Waals surface area contributed by atoms with Crippen molar-refractivity contribution in [2.24, 2.45) is 0 Å². The lowest BCUT2D eigenvalue weighted by Gasteiger charge is -2.10. The van der Waals surface area contributed by atoms with Gasteiger partial charge in [0.05, 0.1) is 12.7 Å². The number of benzene rings is 1. The number of carbonyl (C=O) groups is 1. The Hall–Kier alpha value is -1.82. The van der Waals surface area contributed by atoms with Crippen molar-refractivity contribution in [1.82, 2.24) is 0 Å². The van der Waals surface area contributed by atoms with Gasteiger partial charge >= 0.3 is 5.97 Å². The minimum atomic E-state index is -3.42. The Bertz CT molecular complexity index is 560. The maximum atomic E-state index is 11.5. The Morgan fingerprint density at radius 1 is 1.44 bits per heavy atom. The summed E-state index contributed by atoms with van der Waals surface area (Å²) in [6, 6.07) is 4.04. The fourth-order valence-corrected chi connectivity index (χ4v) is 2.12. The van der Waals surface area contributed by atoms with E-state index in [1.807, 2.05) is 0 Å².